The van der Waals surface area contributed by atoms with E-state index in [-0.39, 0.29) is 0 Å². The van der Waals surface area contributed by atoms with Gasteiger partial charge >= 0.3 is 0 Å². The second-order valence-corrected chi connectivity index (χ2v) is 6.34. The number of hydrogen-bond acceptors (Lipinski definition) is 4. The molecule has 2 aromatic carbocycles. The van der Waals surface area contributed by atoms with Gasteiger partial charge in [0.25, 0.3) is 0 Å². The zero-order chi connectivity index (χ0) is 17.5. The van der Waals surface area contributed by atoms with E-state index in [0.717, 1.165) is 54.9 Å². The summed E-state index contributed by atoms with van der Waals surface area (Å²) in [6.45, 7) is 3.73. The van der Waals surface area contributed by atoms with Crippen molar-refractivity contribution < 1.29 is 4.74 Å². The molecule has 0 amide bonds. The van der Waals surface area contributed by atoms with Gasteiger partial charge in [0.15, 0.2) is 0 Å². The van der Waals surface area contributed by atoms with E-state index in [0.29, 0.717) is 5.02 Å². The lowest BCUT2D eigenvalue weighted by Crippen LogP contribution is -2.07. The molecule has 0 fully saturated rings. The smallest absolute Gasteiger partial charge is 0.137 e. The van der Waals surface area contributed by atoms with Crippen molar-refractivity contribution in [3.63, 3.8) is 0 Å². The summed E-state index contributed by atoms with van der Waals surface area (Å²) in [6, 6.07) is 13.9. The molecule has 0 unspecified atom stereocenters. The summed E-state index contributed by atoms with van der Waals surface area (Å²) in [7, 11) is 0. The van der Waals surface area contributed by atoms with Crippen LogP contribution in [0.3, 0.4) is 0 Å². The van der Waals surface area contributed by atoms with Crippen LogP contribution >= 0.6 is 11.6 Å². The van der Waals surface area contributed by atoms with Crippen LogP contribution < -0.4 is 10.1 Å². The molecular formula is C20H22ClN3O. The average Bonchev–Trinajstić information content (AvgIpc) is 2.63. The number of rotatable bonds is 8. The predicted molar refractivity (Wildman–Crippen MR) is 104 cm³/mol. The van der Waals surface area contributed by atoms with Crippen molar-refractivity contribution >= 4 is 28.3 Å². The highest BCUT2D eigenvalue weighted by Gasteiger charge is 2.04. The van der Waals surface area contributed by atoms with Gasteiger partial charge in [-0.15, -0.1) is 0 Å². The summed E-state index contributed by atoms with van der Waals surface area (Å²) in [5.41, 5.74) is 2.14. The molecule has 0 saturated carbocycles. The van der Waals surface area contributed by atoms with E-state index in [9.17, 15) is 0 Å². The van der Waals surface area contributed by atoms with Crippen molar-refractivity contribution in [1.82, 2.24) is 9.97 Å². The Bertz CT molecular complexity index is 821. The van der Waals surface area contributed by atoms with Crippen molar-refractivity contribution in [2.75, 3.05) is 18.5 Å². The lowest BCUT2D eigenvalue weighted by molar-refractivity contribution is 0.309. The average molecular weight is 356 g/mol. The second-order valence-electron chi connectivity index (χ2n) is 5.91. The summed E-state index contributed by atoms with van der Waals surface area (Å²) in [5.74, 6) is 1.74. The van der Waals surface area contributed by atoms with Crippen LogP contribution in [0.15, 0.2) is 48.8 Å². The Morgan fingerprint density at radius 2 is 1.92 bits per heavy atom. The number of unbranched alkanes of at least 4 members (excludes halogenated alkanes) is 1. The Hall–Kier alpha value is -2.33. The van der Waals surface area contributed by atoms with Gasteiger partial charge in [-0.3, -0.25) is 0 Å². The molecule has 0 bridgehead atoms. The highest BCUT2D eigenvalue weighted by atomic mass is 35.5. The molecular weight excluding hydrogens is 334 g/mol. The molecule has 1 heterocycles. The third-order valence-electron chi connectivity index (χ3n) is 3.99. The number of ether oxygens (including phenoxy) is 1. The number of nitrogens with zero attached hydrogens (tertiary/aromatic N) is 2. The van der Waals surface area contributed by atoms with E-state index >= 15 is 0 Å². The van der Waals surface area contributed by atoms with Crippen LogP contribution in [0.1, 0.15) is 25.3 Å². The Morgan fingerprint density at radius 1 is 1.08 bits per heavy atom. The molecule has 4 nitrogen and oxygen atoms in total. The molecule has 5 heteroatoms. The maximum atomic E-state index is 6.09. The predicted octanol–water partition coefficient (Wildman–Crippen LogP) is 5.12. The maximum Gasteiger partial charge on any atom is 0.137 e. The summed E-state index contributed by atoms with van der Waals surface area (Å²) in [6.07, 6.45) is 4.71. The highest BCUT2D eigenvalue weighted by Crippen LogP contribution is 2.23. The fraction of sp³-hybridized carbons (Fsp3) is 0.300. The molecule has 1 aromatic heterocycles. The van der Waals surface area contributed by atoms with E-state index in [4.69, 9.17) is 16.3 Å². The van der Waals surface area contributed by atoms with Gasteiger partial charge in [-0.25, -0.2) is 9.97 Å². The quantitative estimate of drug-likeness (QED) is 0.570. The largest absolute Gasteiger partial charge is 0.494 e. The fourth-order valence-corrected chi connectivity index (χ4v) is 2.75. The van der Waals surface area contributed by atoms with Gasteiger partial charge in [0.05, 0.1) is 12.1 Å². The van der Waals surface area contributed by atoms with Gasteiger partial charge in [-0.1, -0.05) is 37.1 Å². The SMILES string of the molecule is CCCCOc1ccc(CCNc2ncnc3ccc(Cl)cc23)cc1. The molecule has 3 aromatic rings. The van der Waals surface area contributed by atoms with E-state index in [2.05, 4.69) is 34.3 Å². The van der Waals surface area contributed by atoms with Gasteiger partial charge in [-0.2, -0.15) is 0 Å². The van der Waals surface area contributed by atoms with Crippen molar-refractivity contribution in [3.05, 3.63) is 59.4 Å². The minimum atomic E-state index is 0.684. The number of anilines is 1. The second kappa shape index (κ2) is 8.67. The molecule has 0 radical (unpaired) electrons. The number of aromatic nitrogens is 2. The Balaban J connectivity index is 1.57. The number of nitrogens with one attached hydrogen (secondary N) is 1. The standard InChI is InChI=1S/C20H22ClN3O/c1-2-3-12-25-17-7-4-15(5-8-17)10-11-22-20-18-13-16(21)6-9-19(18)23-14-24-20/h4-9,13-14H,2-3,10-12H2,1H3,(H,22,23,24). The molecule has 0 spiro atoms. The van der Waals surface area contributed by atoms with Crippen LogP contribution in [0.5, 0.6) is 5.75 Å². The Kier molecular flexibility index (Phi) is 6.07. The van der Waals surface area contributed by atoms with Crippen LogP contribution in [0.4, 0.5) is 5.82 Å². The van der Waals surface area contributed by atoms with E-state index in [1.807, 2.05) is 30.3 Å². The molecule has 25 heavy (non-hydrogen) atoms. The van der Waals surface area contributed by atoms with Crippen molar-refractivity contribution in [2.45, 2.75) is 26.2 Å². The first-order chi connectivity index (χ1) is 12.3. The lowest BCUT2D eigenvalue weighted by Gasteiger charge is -2.09. The Labute approximate surface area is 153 Å². The van der Waals surface area contributed by atoms with Crippen molar-refractivity contribution in [3.8, 4) is 5.75 Å². The molecule has 1 N–H and O–H groups in total. The number of benzene rings is 2. The topological polar surface area (TPSA) is 47.0 Å². The highest BCUT2D eigenvalue weighted by molar-refractivity contribution is 6.31. The first-order valence-corrected chi connectivity index (χ1v) is 9.00. The number of halogens is 1. The molecule has 130 valence electrons. The monoisotopic (exact) mass is 355 g/mol. The molecule has 0 atom stereocenters. The minimum Gasteiger partial charge on any atom is -0.494 e. The maximum absolute atomic E-state index is 6.09. The third-order valence-corrected chi connectivity index (χ3v) is 4.23. The van der Waals surface area contributed by atoms with Crippen LogP contribution in [0.25, 0.3) is 10.9 Å². The zero-order valence-electron chi connectivity index (χ0n) is 14.3. The summed E-state index contributed by atoms with van der Waals surface area (Å²) >= 11 is 6.09. The molecule has 3 rings (SSSR count). The normalized spacial score (nSPS) is 10.8. The van der Waals surface area contributed by atoms with Crippen LogP contribution in [-0.2, 0) is 6.42 Å². The van der Waals surface area contributed by atoms with Gasteiger partial charge in [0, 0.05) is 17.0 Å². The van der Waals surface area contributed by atoms with Crippen molar-refractivity contribution in [2.24, 2.45) is 0 Å². The first kappa shape index (κ1) is 17.5. The van der Waals surface area contributed by atoms with Gasteiger partial charge < -0.3 is 10.1 Å². The van der Waals surface area contributed by atoms with Gasteiger partial charge in [-0.05, 0) is 48.7 Å². The third kappa shape index (κ3) is 4.83. The van der Waals surface area contributed by atoms with Gasteiger partial charge in [0.1, 0.15) is 17.9 Å². The minimum absolute atomic E-state index is 0.684. The van der Waals surface area contributed by atoms with E-state index in [1.165, 1.54) is 5.56 Å². The molecule has 0 aliphatic carbocycles. The summed E-state index contributed by atoms with van der Waals surface area (Å²) < 4.78 is 5.69. The van der Waals surface area contributed by atoms with Crippen LogP contribution in [0, 0.1) is 0 Å². The Morgan fingerprint density at radius 3 is 2.72 bits per heavy atom. The number of fused-ring (bicyclic) bond motifs is 1. The van der Waals surface area contributed by atoms with Crippen LogP contribution in [0.2, 0.25) is 5.02 Å². The zero-order valence-corrected chi connectivity index (χ0v) is 15.1. The van der Waals surface area contributed by atoms with Crippen LogP contribution in [-0.4, -0.2) is 23.1 Å². The summed E-state index contributed by atoms with van der Waals surface area (Å²) in [5, 5.41) is 5.00. The first-order valence-electron chi connectivity index (χ1n) is 8.62. The number of hydrogen-bond donors (Lipinski definition) is 1. The van der Waals surface area contributed by atoms with Gasteiger partial charge in [0.2, 0.25) is 0 Å². The molecule has 0 aliphatic heterocycles. The van der Waals surface area contributed by atoms with Crippen molar-refractivity contribution in [1.29, 1.82) is 0 Å². The van der Waals surface area contributed by atoms with E-state index < -0.39 is 0 Å². The lowest BCUT2D eigenvalue weighted by atomic mass is 10.1. The summed E-state index contributed by atoms with van der Waals surface area (Å²) in [4.78, 5) is 8.60. The molecule has 0 aliphatic rings. The molecule has 0 saturated heterocycles. The fourth-order valence-electron chi connectivity index (χ4n) is 2.58. The van der Waals surface area contributed by atoms with E-state index in [1.54, 1.807) is 6.33 Å².